The predicted octanol–water partition coefficient (Wildman–Crippen LogP) is 0.763. The SMILES string of the molecule is CC(C(NN)c1cccc(F)c1)S(C)(=O)=O. The topological polar surface area (TPSA) is 72.2 Å². The van der Waals surface area contributed by atoms with Crippen molar-refractivity contribution in [3.63, 3.8) is 0 Å². The van der Waals surface area contributed by atoms with E-state index in [1.807, 2.05) is 0 Å². The minimum absolute atomic E-state index is 0.418. The van der Waals surface area contributed by atoms with Gasteiger partial charge in [-0.2, -0.15) is 0 Å². The Kier molecular flexibility index (Phi) is 4.01. The third-order valence-electron chi connectivity index (χ3n) is 2.53. The lowest BCUT2D eigenvalue weighted by Gasteiger charge is -2.22. The quantitative estimate of drug-likeness (QED) is 0.608. The number of rotatable bonds is 4. The minimum Gasteiger partial charge on any atom is -0.271 e. The summed E-state index contributed by atoms with van der Waals surface area (Å²) in [6.45, 7) is 1.53. The van der Waals surface area contributed by atoms with Crippen molar-refractivity contribution in [2.75, 3.05) is 6.26 Å². The second-order valence-electron chi connectivity index (χ2n) is 3.73. The Morgan fingerprint density at radius 3 is 2.50 bits per heavy atom. The van der Waals surface area contributed by atoms with Crippen LogP contribution in [0, 0.1) is 5.82 Å². The summed E-state index contributed by atoms with van der Waals surface area (Å²) in [5.74, 6) is 4.90. The molecule has 0 aliphatic heterocycles. The second kappa shape index (κ2) is 4.90. The normalized spacial score (nSPS) is 15.8. The summed E-state index contributed by atoms with van der Waals surface area (Å²) in [4.78, 5) is 0. The van der Waals surface area contributed by atoms with Crippen LogP contribution in [0.3, 0.4) is 0 Å². The summed E-state index contributed by atoms with van der Waals surface area (Å²) in [6, 6.07) is 5.10. The van der Waals surface area contributed by atoms with Crippen molar-refractivity contribution in [3.05, 3.63) is 35.6 Å². The Labute approximate surface area is 94.5 Å². The van der Waals surface area contributed by atoms with E-state index in [4.69, 9.17) is 5.84 Å². The highest BCUT2D eigenvalue weighted by Crippen LogP contribution is 2.21. The van der Waals surface area contributed by atoms with Crippen molar-refractivity contribution < 1.29 is 12.8 Å². The number of halogens is 1. The molecular formula is C10H15FN2O2S. The van der Waals surface area contributed by atoms with Gasteiger partial charge >= 0.3 is 0 Å². The number of hydrogen-bond acceptors (Lipinski definition) is 4. The maximum absolute atomic E-state index is 13.0. The molecule has 0 saturated heterocycles. The first-order valence-corrected chi connectivity index (χ1v) is 6.72. The van der Waals surface area contributed by atoms with Crippen LogP contribution >= 0.6 is 0 Å². The third-order valence-corrected chi connectivity index (χ3v) is 4.15. The highest BCUT2D eigenvalue weighted by molar-refractivity contribution is 7.91. The molecule has 90 valence electrons. The standard InChI is InChI=1S/C10H15FN2O2S/c1-7(16(2,14)15)10(13-12)8-4-3-5-9(11)6-8/h3-7,10,13H,12H2,1-2H3. The summed E-state index contributed by atoms with van der Waals surface area (Å²) in [7, 11) is -3.24. The summed E-state index contributed by atoms with van der Waals surface area (Å²) >= 11 is 0. The smallest absolute Gasteiger partial charge is 0.151 e. The first-order valence-electron chi connectivity index (χ1n) is 4.76. The molecule has 6 heteroatoms. The van der Waals surface area contributed by atoms with E-state index in [-0.39, 0.29) is 0 Å². The summed E-state index contributed by atoms with van der Waals surface area (Å²) < 4.78 is 35.8. The monoisotopic (exact) mass is 246 g/mol. The Hall–Kier alpha value is -0.980. The molecule has 4 nitrogen and oxygen atoms in total. The van der Waals surface area contributed by atoms with E-state index >= 15 is 0 Å². The summed E-state index contributed by atoms with van der Waals surface area (Å²) in [5, 5.41) is -0.723. The van der Waals surface area contributed by atoms with Gasteiger partial charge in [-0.3, -0.25) is 11.3 Å². The van der Waals surface area contributed by atoms with Gasteiger partial charge in [0.05, 0.1) is 11.3 Å². The van der Waals surface area contributed by atoms with Gasteiger partial charge in [0, 0.05) is 6.26 Å². The molecule has 0 aliphatic rings. The number of nitrogens with two attached hydrogens (primary N) is 1. The van der Waals surface area contributed by atoms with E-state index in [2.05, 4.69) is 5.43 Å². The molecule has 16 heavy (non-hydrogen) atoms. The van der Waals surface area contributed by atoms with Gasteiger partial charge in [0.15, 0.2) is 9.84 Å². The van der Waals surface area contributed by atoms with E-state index in [0.29, 0.717) is 5.56 Å². The fourth-order valence-corrected chi connectivity index (χ4v) is 2.18. The van der Waals surface area contributed by atoms with Crippen molar-refractivity contribution in [2.45, 2.75) is 18.2 Å². The minimum atomic E-state index is -3.24. The van der Waals surface area contributed by atoms with E-state index in [1.54, 1.807) is 6.07 Å². The van der Waals surface area contributed by atoms with Crippen LogP contribution < -0.4 is 11.3 Å². The zero-order valence-electron chi connectivity index (χ0n) is 9.14. The van der Waals surface area contributed by atoms with Gasteiger partial charge in [-0.15, -0.1) is 0 Å². The lowest BCUT2D eigenvalue weighted by molar-refractivity contribution is 0.510. The molecule has 2 atom stereocenters. The Bertz CT molecular complexity index is 462. The molecule has 0 aromatic heterocycles. The van der Waals surface area contributed by atoms with Crippen molar-refractivity contribution in [1.29, 1.82) is 0 Å². The number of sulfone groups is 1. The first kappa shape index (κ1) is 13.1. The molecule has 0 fully saturated rings. The number of hydrogen-bond donors (Lipinski definition) is 2. The van der Waals surface area contributed by atoms with Gasteiger partial charge in [0.1, 0.15) is 5.82 Å². The van der Waals surface area contributed by atoms with Gasteiger partial charge in [0.2, 0.25) is 0 Å². The average Bonchev–Trinajstić information content (AvgIpc) is 2.17. The van der Waals surface area contributed by atoms with Crippen molar-refractivity contribution in [3.8, 4) is 0 Å². The largest absolute Gasteiger partial charge is 0.271 e. The van der Waals surface area contributed by atoms with Crippen LogP contribution in [-0.2, 0) is 9.84 Å². The van der Waals surface area contributed by atoms with Gasteiger partial charge in [-0.1, -0.05) is 12.1 Å². The van der Waals surface area contributed by atoms with Gasteiger partial charge in [-0.25, -0.2) is 12.8 Å². The van der Waals surface area contributed by atoms with Crippen LogP contribution in [0.25, 0.3) is 0 Å². The van der Waals surface area contributed by atoms with Gasteiger partial charge < -0.3 is 0 Å². The number of benzene rings is 1. The molecule has 0 heterocycles. The van der Waals surface area contributed by atoms with E-state index in [9.17, 15) is 12.8 Å². The highest BCUT2D eigenvalue weighted by atomic mass is 32.2. The molecule has 0 amide bonds. The Balaban J connectivity index is 3.08. The van der Waals surface area contributed by atoms with Crippen LogP contribution in [0.5, 0.6) is 0 Å². The van der Waals surface area contributed by atoms with Gasteiger partial charge in [-0.05, 0) is 24.6 Å². The van der Waals surface area contributed by atoms with E-state index < -0.39 is 26.9 Å². The van der Waals surface area contributed by atoms with Crippen LogP contribution in [0.4, 0.5) is 4.39 Å². The maximum Gasteiger partial charge on any atom is 0.151 e. The third kappa shape index (κ3) is 3.01. The molecule has 1 rings (SSSR count). The average molecular weight is 246 g/mol. The first-order chi connectivity index (χ1) is 7.36. The van der Waals surface area contributed by atoms with Crippen molar-refractivity contribution in [2.24, 2.45) is 5.84 Å². The molecule has 0 radical (unpaired) electrons. The van der Waals surface area contributed by atoms with E-state index in [1.165, 1.54) is 25.1 Å². The molecule has 0 aliphatic carbocycles. The fraction of sp³-hybridized carbons (Fsp3) is 0.400. The molecule has 0 spiro atoms. The second-order valence-corrected chi connectivity index (χ2v) is 6.14. The van der Waals surface area contributed by atoms with Crippen LogP contribution in [0.15, 0.2) is 24.3 Å². The molecule has 0 saturated carbocycles. The van der Waals surface area contributed by atoms with Crippen molar-refractivity contribution >= 4 is 9.84 Å². The lowest BCUT2D eigenvalue weighted by atomic mass is 10.1. The Morgan fingerprint density at radius 1 is 1.44 bits per heavy atom. The maximum atomic E-state index is 13.0. The molecule has 3 N–H and O–H groups in total. The molecule has 1 aromatic carbocycles. The Morgan fingerprint density at radius 2 is 2.06 bits per heavy atom. The summed E-state index contributed by atoms with van der Waals surface area (Å²) in [5.41, 5.74) is 2.92. The molecule has 0 bridgehead atoms. The van der Waals surface area contributed by atoms with Crippen LogP contribution in [0.1, 0.15) is 18.5 Å². The van der Waals surface area contributed by atoms with Crippen LogP contribution in [0.2, 0.25) is 0 Å². The van der Waals surface area contributed by atoms with E-state index in [0.717, 1.165) is 6.26 Å². The van der Waals surface area contributed by atoms with Crippen molar-refractivity contribution in [1.82, 2.24) is 5.43 Å². The molecule has 2 unspecified atom stereocenters. The zero-order valence-corrected chi connectivity index (χ0v) is 9.96. The van der Waals surface area contributed by atoms with Gasteiger partial charge in [0.25, 0.3) is 0 Å². The summed E-state index contributed by atoms with van der Waals surface area (Å²) in [6.07, 6.45) is 1.13. The highest BCUT2D eigenvalue weighted by Gasteiger charge is 2.26. The lowest BCUT2D eigenvalue weighted by Crippen LogP contribution is -2.38. The number of hydrazine groups is 1. The number of nitrogens with one attached hydrogen (secondary N) is 1. The molecular weight excluding hydrogens is 231 g/mol. The predicted molar refractivity (Wildman–Crippen MR) is 60.8 cm³/mol. The molecule has 1 aromatic rings. The fourth-order valence-electron chi connectivity index (χ4n) is 1.45. The van der Waals surface area contributed by atoms with Crippen LogP contribution in [-0.4, -0.2) is 19.9 Å². The zero-order chi connectivity index (χ0) is 12.3.